The first-order chi connectivity index (χ1) is 12.2. The van der Waals surface area contributed by atoms with Crippen molar-refractivity contribution in [1.29, 1.82) is 0 Å². The maximum atomic E-state index is 12.3. The van der Waals surface area contributed by atoms with Gasteiger partial charge in [0.25, 0.3) is 11.6 Å². The maximum Gasteiger partial charge on any atom is 0.345 e. The van der Waals surface area contributed by atoms with E-state index in [1.807, 2.05) is 0 Å². The number of nitro groups is 1. The molecule has 1 aromatic carbocycles. The lowest BCUT2D eigenvalue weighted by atomic mass is 10.1. The summed E-state index contributed by atoms with van der Waals surface area (Å²) in [7, 11) is -3.15. The Hall–Kier alpha value is -2.49. The summed E-state index contributed by atoms with van der Waals surface area (Å²) in [4.78, 5) is 36.3. The van der Waals surface area contributed by atoms with Gasteiger partial charge in [0.1, 0.15) is 5.56 Å². The molecule has 0 radical (unpaired) electrons. The van der Waals surface area contributed by atoms with Crippen LogP contribution in [0.4, 0.5) is 5.69 Å². The lowest BCUT2D eigenvalue weighted by molar-refractivity contribution is -0.385. The monoisotopic (exact) mass is 384 g/mol. The molecule has 2 rings (SSSR count). The molecule has 0 saturated carbocycles. The van der Waals surface area contributed by atoms with E-state index >= 15 is 0 Å². The Morgan fingerprint density at radius 1 is 1.38 bits per heavy atom. The van der Waals surface area contributed by atoms with E-state index in [2.05, 4.69) is 0 Å². The number of esters is 1. The highest BCUT2D eigenvalue weighted by Crippen LogP contribution is 2.24. The van der Waals surface area contributed by atoms with Crippen LogP contribution in [0.1, 0.15) is 29.3 Å². The van der Waals surface area contributed by atoms with Gasteiger partial charge in [-0.2, -0.15) is 0 Å². The third kappa shape index (κ3) is 4.37. The molecule has 0 N–H and O–H groups in total. The van der Waals surface area contributed by atoms with Crippen LogP contribution < -0.4 is 0 Å². The molecule has 1 atom stereocenters. The van der Waals surface area contributed by atoms with E-state index in [-0.39, 0.29) is 29.3 Å². The molecule has 1 saturated heterocycles. The molecular weight excluding hydrogens is 364 g/mol. The van der Waals surface area contributed by atoms with Crippen LogP contribution in [-0.4, -0.2) is 60.8 Å². The van der Waals surface area contributed by atoms with Gasteiger partial charge in [0.2, 0.25) is 0 Å². The first kappa shape index (κ1) is 19.8. The molecule has 142 valence electrons. The number of hydrogen-bond acceptors (Lipinski definition) is 7. The molecule has 0 unspecified atom stereocenters. The molecule has 1 heterocycles. The molecule has 1 aromatic rings. The number of hydrogen-bond donors (Lipinski definition) is 0. The van der Waals surface area contributed by atoms with Crippen LogP contribution in [0.15, 0.2) is 18.2 Å². The fourth-order valence-corrected chi connectivity index (χ4v) is 4.74. The molecule has 9 nitrogen and oxygen atoms in total. The highest BCUT2D eigenvalue weighted by atomic mass is 32.2. The van der Waals surface area contributed by atoms with Crippen LogP contribution in [0.5, 0.6) is 0 Å². The number of aryl methyl sites for hydroxylation is 1. The van der Waals surface area contributed by atoms with Crippen molar-refractivity contribution in [2.45, 2.75) is 26.3 Å². The van der Waals surface area contributed by atoms with Gasteiger partial charge in [0.05, 0.1) is 16.4 Å². The highest BCUT2D eigenvalue weighted by molar-refractivity contribution is 7.91. The summed E-state index contributed by atoms with van der Waals surface area (Å²) in [6, 6.07) is 3.81. The van der Waals surface area contributed by atoms with E-state index in [0.29, 0.717) is 12.0 Å². The Bertz CT molecular complexity index is 835. The van der Waals surface area contributed by atoms with Crippen molar-refractivity contribution in [2.75, 3.05) is 24.7 Å². The zero-order valence-corrected chi connectivity index (χ0v) is 15.3. The maximum absolute atomic E-state index is 12.3. The number of nitro benzene ring substituents is 1. The van der Waals surface area contributed by atoms with Crippen LogP contribution in [0.2, 0.25) is 0 Å². The average molecular weight is 384 g/mol. The Morgan fingerprint density at radius 3 is 2.62 bits per heavy atom. The van der Waals surface area contributed by atoms with Gasteiger partial charge < -0.3 is 9.64 Å². The summed E-state index contributed by atoms with van der Waals surface area (Å²) in [6.07, 6.45) is 0.346. The molecule has 0 aromatic heterocycles. The summed E-state index contributed by atoms with van der Waals surface area (Å²) in [6.45, 7) is 2.88. The van der Waals surface area contributed by atoms with Gasteiger partial charge in [-0.05, 0) is 26.3 Å². The van der Waals surface area contributed by atoms with E-state index in [4.69, 9.17) is 4.74 Å². The standard InChI is InChI=1S/C16H20N2O7S/c1-3-17(12-7-8-26(23,24)10-12)14(19)9-25-16(20)13-6-4-5-11(2)15(13)18(21)22/h4-6,12H,3,7-10H2,1-2H3/t12-/m1/s1. The molecule has 1 aliphatic heterocycles. The van der Waals surface area contributed by atoms with Crippen molar-refractivity contribution in [3.8, 4) is 0 Å². The number of para-hydroxylation sites is 1. The van der Waals surface area contributed by atoms with Gasteiger partial charge in [-0.15, -0.1) is 0 Å². The average Bonchev–Trinajstić information content (AvgIpc) is 2.92. The van der Waals surface area contributed by atoms with Crippen molar-refractivity contribution in [3.63, 3.8) is 0 Å². The number of carbonyl (C=O) groups is 2. The second-order valence-electron chi connectivity index (χ2n) is 6.04. The summed E-state index contributed by atoms with van der Waals surface area (Å²) in [5, 5.41) is 11.1. The topological polar surface area (TPSA) is 124 Å². The van der Waals surface area contributed by atoms with E-state index in [0.717, 1.165) is 0 Å². The molecule has 1 amide bonds. The largest absolute Gasteiger partial charge is 0.452 e. The van der Waals surface area contributed by atoms with Crippen LogP contribution >= 0.6 is 0 Å². The zero-order chi connectivity index (χ0) is 19.5. The van der Waals surface area contributed by atoms with Crippen molar-refractivity contribution in [2.24, 2.45) is 0 Å². The van der Waals surface area contributed by atoms with Crippen LogP contribution in [0.25, 0.3) is 0 Å². The van der Waals surface area contributed by atoms with Gasteiger partial charge in [0, 0.05) is 18.2 Å². The number of sulfone groups is 1. The molecule has 1 aliphatic rings. The third-order valence-electron chi connectivity index (χ3n) is 4.28. The number of rotatable bonds is 6. The Balaban J connectivity index is 2.06. The number of benzene rings is 1. The van der Waals surface area contributed by atoms with Crippen molar-refractivity contribution >= 4 is 27.4 Å². The lowest BCUT2D eigenvalue weighted by Gasteiger charge is -2.26. The number of nitrogens with zero attached hydrogens (tertiary/aromatic N) is 2. The van der Waals surface area contributed by atoms with Crippen LogP contribution in [0, 0.1) is 17.0 Å². The number of amides is 1. The molecule has 0 spiro atoms. The zero-order valence-electron chi connectivity index (χ0n) is 14.5. The van der Waals surface area contributed by atoms with E-state index < -0.39 is 39.3 Å². The SMILES string of the molecule is CCN(C(=O)COC(=O)c1cccc(C)c1[N+](=O)[O-])[C@@H]1CCS(=O)(=O)C1. The molecular formula is C16H20N2O7S. The second kappa shape index (κ2) is 7.81. The first-order valence-corrected chi connectivity index (χ1v) is 9.89. The van der Waals surface area contributed by atoms with Gasteiger partial charge in [-0.25, -0.2) is 13.2 Å². The van der Waals surface area contributed by atoms with Gasteiger partial charge in [-0.3, -0.25) is 14.9 Å². The molecule has 1 fully saturated rings. The van der Waals surface area contributed by atoms with Gasteiger partial charge >= 0.3 is 5.97 Å². The minimum absolute atomic E-state index is 0.0245. The van der Waals surface area contributed by atoms with Gasteiger partial charge in [-0.1, -0.05) is 12.1 Å². The van der Waals surface area contributed by atoms with Crippen LogP contribution in [-0.2, 0) is 19.4 Å². The minimum atomic E-state index is -3.15. The highest BCUT2D eigenvalue weighted by Gasteiger charge is 2.34. The van der Waals surface area contributed by atoms with Crippen molar-refractivity contribution in [3.05, 3.63) is 39.4 Å². The molecule has 0 bridgehead atoms. The van der Waals surface area contributed by atoms with Crippen molar-refractivity contribution < 1.29 is 27.7 Å². The third-order valence-corrected chi connectivity index (χ3v) is 6.03. The summed E-state index contributed by atoms with van der Waals surface area (Å²) in [5.41, 5.74) is -0.282. The van der Waals surface area contributed by atoms with Crippen molar-refractivity contribution in [1.82, 2.24) is 4.90 Å². The van der Waals surface area contributed by atoms with E-state index in [1.54, 1.807) is 6.92 Å². The second-order valence-corrected chi connectivity index (χ2v) is 8.27. The smallest absolute Gasteiger partial charge is 0.345 e. The van der Waals surface area contributed by atoms with E-state index in [9.17, 15) is 28.1 Å². The summed E-state index contributed by atoms with van der Waals surface area (Å²) < 4.78 is 28.1. The Labute approximate surface area is 151 Å². The fourth-order valence-electron chi connectivity index (χ4n) is 3.01. The normalized spacial score (nSPS) is 18.3. The molecule has 0 aliphatic carbocycles. The molecule has 26 heavy (non-hydrogen) atoms. The Morgan fingerprint density at radius 2 is 2.08 bits per heavy atom. The summed E-state index contributed by atoms with van der Waals surface area (Å²) >= 11 is 0. The molecule has 10 heteroatoms. The fraction of sp³-hybridized carbons (Fsp3) is 0.500. The number of likely N-dealkylation sites (N-methyl/N-ethyl adjacent to an activating group) is 1. The number of carbonyl (C=O) groups excluding carboxylic acids is 2. The van der Waals surface area contributed by atoms with E-state index in [1.165, 1.54) is 30.0 Å². The summed E-state index contributed by atoms with van der Waals surface area (Å²) in [5.74, 6) is -1.58. The van der Waals surface area contributed by atoms with Crippen LogP contribution in [0.3, 0.4) is 0 Å². The predicted molar refractivity (Wildman–Crippen MR) is 92.6 cm³/mol. The minimum Gasteiger partial charge on any atom is -0.452 e. The number of ether oxygens (including phenoxy) is 1. The quantitative estimate of drug-likeness (QED) is 0.408. The predicted octanol–water partition coefficient (Wildman–Crippen LogP) is 1.10. The van der Waals surface area contributed by atoms with Gasteiger partial charge in [0.15, 0.2) is 16.4 Å². The first-order valence-electron chi connectivity index (χ1n) is 8.07. The lowest BCUT2D eigenvalue weighted by Crippen LogP contribution is -2.43. The Kier molecular flexibility index (Phi) is 5.96.